The van der Waals surface area contributed by atoms with Gasteiger partial charge in [-0.2, -0.15) is 0 Å². The molecule has 0 unspecified atom stereocenters. The van der Waals surface area contributed by atoms with E-state index in [1.165, 1.54) is 13.2 Å². The van der Waals surface area contributed by atoms with E-state index in [9.17, 15) is 4.39 Å². The fraction of sp³-hybridized carbons (Fsp3) is 0.308. The predicted molar refractivity (Wildman–Crippen MR) is 67.8 cm³/mol. The van der Waals surface area contributed by atoms with E-state index in [-0.39, 0.29) is 5.75 Å². The third-order valence-corrected chi connectivity index (χ3v) is 3.08. The Bertz CT molecular complexity index is 578. The Morgan fingerprint density at radius 1 is 1.44 bits per heavy atom. The second kappa shape index (κ2) is 4.78. The van der Waals surface area contributed by atoms with E-state index in [0.29, 0.717) is 6.54 Å². The summed E-state index contributed by atoms with van der Waals surface area (Å²) < 4.78 is 20.5. The standard InChI is InChI=1S/C13H16FN3O/c1-8-13(16-12(7-15)17(8)2)9-4-5-11(18-3)10(14)6-9/h4-6H,7,15H2,1-3H3. The van der Waals surface area contributed by atoms with Crippen LogP contribution in [0.25, 0.3) is 11.3 Å². The number of hydrogen-bond acceptors (Lipinski definition) is 3. The normalized spacial score (nSPS) is 10.7. The summed E-state index contributed by atoms with van der Waals surface area (Å²) in [6.45, 7) is 2.29. The van der Waals surface area contributed by atoms with Crippen LogP contribution in [0.15, 0.2) is 18.2 Å². The van der Waals surface area contributed by atoms with Crippen LogP contribution in [-0.4, -0.2) is 16.7 Å². The Balaban J connectivity index is 2.52. The van der Waals surface area contributed by atoms with Crippen LogP contribution in [0.2, 0.25) is 0 Å². The van der Waals surface area contributed by atoms with Gasteiger partial charge in [-0.1, -0.05) is 0 Å². The molecular formula is C13H16FN3O. The van der Waals surface area contributed by atoms with Gasteiger partial charge in [-0.05, 0) is 25.1 Å². The van der Waals surface area contributed by atoms with E-state index < -0.39 is 5.82 Å². The summed E-state index contributed by atoms with van der Waals surface area (Å²) in [6.07, 6.45) is 0. The lowest BCUT2D eigenvalue weighted by molar-refractivity contribution is 0.386. The maximum atomic E-state index is 13.7. The van der Waals surface area contributed by atoms with Crippen molar-refractivity contribution in [3.8, 4) is 17.0 Å². The first-order valence-corrected chi connectivity index (χ1v) is 5.64. The maximum Gasteiger partial charge on any atom is 0.165 e. The van der Waals surface area contributed by atoms with Gasteiger partial charge in [-0.25, -0.2) is 9.37 Å². The number of rotatable bonds is 3. The first-order valence-electron chi connectivity index (χ1n) is 5.64. The van der Waals surface area contributed by atoms with Crippen molar-refractivity contribution in [3.63, 3.8) is 0 Å². The molecule has 4 nitrogen and oxygen atoms in total. The van der Waals surface area contributed by atoms with Crippen molar-refractivity contribution in [2.24, 2.45) is 12.8 Å². The molecule has 0 saturated heterocycles. The van der Waals surface area contributed by atoms with Crippen molar-refractivity contribution in [2.45, 2.75) is 13.5 Å². The molecule has 2 N–H and O–H groups in total. The van der Waals surface area contributed by atoms with Gasteiger partial charge in [0, 0.05) is 18.3 Å². The fourth-order valence-electron chi connectivity index (χ4n) is 1.91. The van der Waals surface area contributed by atoms with E-state index in [1.54, 1.807) is 12.1 Å². The summed E-state index contributed by atoms with van der Waals surface area (Å²) in [5.41, 5.74) is 8.04. The van der Waals surface area contributed by atoms with Gasteiger partial charge in [-0.3, -0.25) is 0 Å². The molecule has 96 valence electrons. The Morgan fingerprint density at radius 3 is 2.67 bits per heavy atom. The molecule has 18 heavy (non-hydrogen) atoms. The summed E-state index contributed by atoms with van der Waals surface area (Å²) in [5.74, 6) is 0.611. The first-order chi connectivity index (χ1) is 8.58. The lowest BCUT2D eigenvalue weighted by atomic mass is 10.1. The number of benzene rings is 1. The van der Waals surface area contributed by atoms with E-state index >= 15 is 0 Å². The fourth-order valence-corrected chi connectivity index (χ4v) is 1.91. The van der Waals surface area contributed by atoms with Gasteiger partial charge in [0.05, 0.1) is 19.3 Å². The number of halogens is 1. The highest BCUT2D eigenvalue weighted by Crippen LogP contribution is 2.27. The van der Waals surface area contributed by atoms with Crippen molar-refractivity contribution in [1.29, 1.82) is 0 Å². The predicted octanol–water partition coefficient (Wildman–Crippen LogP) is 2.00. The SMILES string of the molecule is COc1ccc(-c2nc(CN)n(C)c2C)cc1F. The lowest BCUT2D eigenvalue weighted by Crippen LogP contribution is -2.05. The number of imidazole rings is 1. The minimum absolute atomic E-state index is 0.228. The molecule has 0 spiro atoms. The third-order valence-electron chi connectivity index (χ3n) is 3.08. The van der Waals surface area contributed by atoms with Crippen molar-refractivity contribution in [2.75, 3.05) is 7.11 Å². The number of ether oxygens (including phenoxy) is 1. The van der Waals surface area contributed by atoms with Crippen LogP contribution in [0.5, 0.6) is 5.75 Å². The third kappa shape index (κ3) is 1.97. The van der Waals surface area contributed by atoms with Crippen LogP contribution in [-0.2, 0) is 13.6 Å². The Hall–Kier alpha value is -1.88. The molecule has 2 aromatic rings. The molecule has 1 aromatic heterocycles. The average Bonchev–Trinajstić information content (AvgIpc) is 2.66. The number of aromatic nitrogens is 2. The van der Waals surface area contributed by atoms with Gasteiger partial charge in [0.2, 0.25) is 0 Å². The van der Waals surface area contributed by atoms with Gasteiger partial charge in [0.15, 0.2) is 11.6 Å². The molecule has 0 radical (unpaired) electrons. The zero-order chi connectivity index (χ0) is 13.3. The molecular weight excluding hydrogens is 233 g/mol. The summed E-state index contributed by atoms with van der Waals surface area (Å²) in [6, 6.07) is 4.81. The molecule has 1 heterocycles. The highest BCUT2D eigenvalue weighted by Gasteiger charge is 2.13. The molecule has 0 aliphatic rings. The molecule has 1 aromatic carbocycles. The molecule has 0 atom stereocenters. The van der Waals surface area contributed by atoms with E-state index in [0.717, 1.165) is 22.8 Å². The summed E-state index contributed by atoms with van der Waals surface area (Å²) in [4.78, 5) is 4.43. The zero-order valence-electron chi connectivity index (χ0n) is 10.7. The highest BCUT2D eigenvalue weighted by molar-refractivity contribution is 5.63. The summed E-state index contributed by atoms with van der Waals surface area (Å²) in [7, 11) is 3.34. The number of nitrogens with two attached hydrogens (primary N) is 1. The smallest absolute Gasteiger partial charge is 0.165 e. The van der Waals surface area contributed by atoms with Crippen LogP contribution < -0.4 is 10.5 Å². The van der Waals surface area contributed by atoms with E-state index in [4.69, 9.17) is 10.5 Å². The van der Waals surface area contributed by atoms with Gasteiger partial charge < -0.3 is 15.0 Å². The van der Waals surface area contributed by atoms with Crippen molar-refractivity contribution >= 4 is 0 Å². The van der Waals surface area contributed by atoms with E-state index in [2.05, 4.69) is 4.98 Å². The summed E-state index contributed by atoms with van der Waals surface area (Å²) >= 11 is 0. The molecule has 5 heteroatoms. The second-order valence-corrected chi connectivity index (χ2v) is 4.07. The second-order valence-electron chi connectivity index (χ2n) is 4.07. The quantitative estimate of drug-likeness (QED) is 0.905. The van der Waals surface area contributed by atoms with Crippen LogP contribution in [0, 0.1) is 12.7 Å². The molecule has 0 saturated carbocycles. The van der Waals surface area contributed by atoms with E-state index in [1.807, 2.05) is 18.5 Å². The number of hydrogen-bond donors (Lipinski definition) is 1. The molecule has 0 bridgehead atoms. The van der Waals surface area contributed by atoms with Crippen molar-refractivity contribution < 1.29 is 9.13 Å². The number of methoxy groups -OCH3 is 1. The van der Waals surface area contributed by atoms with Gasteiger partial charge >= 0.3 is 0 Å². The average molecular weight is 249 g/mol. The molecule has 2 rings (SSSR count). The minimum atomic E-state index is -0.394. The molecule has 0 amide bonds. The minimum Gasteiger partial charge on any atom is -0.494 e. The highest BCUT2D eigenvalue weighted by atomic mass is 19.1. The Morgan fingerprint density at radius 2 is 2.17 bits per heavy atom. The van der Waals surface area contributed by atoms with Crippen LogP contribution in [0.1, 0.15) is 11.5 Å². The Kier molecular flexibility index (Phi) is 3.34. The first kappa shape index (κ1) is 12.6. The van der Waals surface area contributed by atoms with Gasteiger partial charge in [-0.15, -0.1) is 0 Å². The van der Waals surface area contributed by atoms with Crippen molar-refractivity contribution in [3.05, 3.63) is 35.5 Å². The largest absolute Gasteiger partial charge is 0.494 e. The van der Waals surface area contributed by atoms with Crippen molar-refractivity contribution in [1.82, 2.24) is 9.55 Å². The number of nitrogens with zero attached hydrogens (tertiary/aromatic N) is 2. The molecule has 0 aliphatic heterocycles. The van der Waals surface area contributed by atoms with Crippen LogP contribution in [0.3, 0.4) is 0 Å². The summed E-state index contributed by atoms with van der Waals surface area (Å²) in [5, 5.41) is 0. The maximum absolute atomic E-state index is 13.7. The van der Waals surface area contributed by atoms with Crippen LogP contribution in [0.4, 0.5) is 4.39 Å². The molecule has 0 fully saturated rings. The molecule has 0 aliphatic carbocycles. The van der Waals surface area contributed by atoms with Gasteiger partial charge in [0.1, 0.15) is 5.82 Å². The topological polar surface area (TPSA) is 53.1 Å². The van der Waals surface area contributed by atoms with Crippen LogP contribution >= 0.6 is 0 Å². The van der Waals surface area contributed by atoms with Gasteiger partial charge in [0.25, 0.3) is 0 Å². The lowest BCUT2D eigenvalue weighted by Gasteiger charge is -2.04. The zero-order valence-corrected chi connectivity index (χ0v) is 10.7. The monoisotopic (exact) mass is 249 g/mol. The Labute approximate surface area is 105 Å².